The number of amides is 2. The zero-order valence-electron chi connectivity index (χ0n) is 13.3. The quantitative estimate of drug-likeness (QED) is 0.774. The van der Waals surface area contributed by atoms with E-state index in [-0.39, 0.29) is 12.1 Å². The number of nitrogens with two attached hydrogens (primary N) is 1. The molecule has 0 unspecified atom stereocenters. The molecule has 5 nitrogen and oxygen atoms in total. The Morgan fingerprint density at radius 1 is 1.29 bits per heavy atom. The van der Waals surface area contributed by atoms with Crippen molar-refractivity contribution in [1.29, 1.82) is 0 Å². The lowest BCUT2D eigenvalue weighted by Crippen LogP contribution is -2.44. The standard InChI is InChI=1S/C16H27N3O2/c1-4-15(5-2)19(10-11-21-3)16(20)18-14-8-6-13(12-17)7-9-14/h6-9,15H,4-5,10-12,17H2,1-3H3,(H,18,20). The first-order valence-corrected chi connectivity index (χ1v) is 7.51. The van der Waals surface area contributed by atoms with Gasteiger partial charge < -0.3 is 20.7 Å². The fourth-order valence-electron chi connectivity index (χ4n) is 2.29. The summed E-state index contributed by atoms with van der Waals surface area (Å²) in [7, 11) is 1.65. The molecule has 0 heterocycles. The van der Waals surface area contributed by atoms with Gasteiger partial charge in [0.15, 0.2) is 0 Å². The van der Waals surface area contributed by atoms with Gasteiger partial charge in [0.25, 0.3) is 0 Å². The topological polar surface area (TPSA) is 67.6 Å². The third-order valence-corrected chi connectivity index (χ3v) is 3.62. The van der Waals surface area contributed by atoms with Crippen LogP contribution in [0.4, 0.5) is 10.5 Å². The molecule has 0 radical (unpaired) electrons. The van der Waals surface area contributed by atoms with E-state index in [1.807, 2.05) is 29.2 Å². The number of carbonyl (C=O) groups is 1. The van der Waals surface area contributed by atoms with Gasteiger partial charge in [-0.2, -0.15) is 0 Å². The lowest BCUT2D eigenvalue weighted by atomic mass is 10.1. The van der Waals surface area contributed by atoms with E-state index in [0.717, 1.165) is 24.1 Å². The SMILES string of the molecule is CCC(CC)N(CCOC)C(=O)Nc1ccc(CN)cc1. The van der Waals surface area contributed by atoms with Crippen LogP contribution in [0.2, 0.25) is 0 Å². The summed E-state index contributed by atoms with van der Waals surface area (Å²) >= 11 is 0. The Kier molecular flexibility index (Phi) is 7.79. The van der Waals surface area contributed by atoms with E-state index in [1.165, 1.54) is 0 Å². The van der Waals surface area contributed by atoms with E-state index in [9.17, 15) is 4.79 Å². The molecule has 2 amide bonds. The molecular weight excluding hydrogens is 266 g/mol. The summed E-state index contributed by atoms with van der Waals surface area (Å²) in [6.07, 6.45) is 1.86. The van der Waals surface area contributed by atoms with Crippen molar-refractivity contribution < 1.29 is 9.53 Å². The van der Waals surface area contributed by atoms with Crippen molar-refractivity contribution in [3.8, 4) is 0 Å². The minimum absolute atomic E-state index is 0.0822. The molecule has 3 N–H and O–H groups in total. The zero-order chi connectivity index (χ0) is 15.7. The van der Waals surface area contributed by atoms with E-state index >= 15 is 0 Å². The Morgan fingerprint density at radius 2 is 1.90 bits per heavy atom. The highest BCUT2D eigenvalue weighted by molar-refractivity contribution is 5.89. The van der Waals surface area contributed by atoms with Gasteiger partial charge in [0, 0.05) is 31.9 Å². The molecular formula is C16H27N3O2. The number of hydrogen-bond acceptors (Lipinski definition) is 3. The molecule has 0 aliphatic rings. The molecule has 5 heteroatoms. The molecule has 0 fully saturated rings. The summed E-state index contributed by atoms with van der Waals surface area (Å²) in [5, 5.41) is 2.94. The lowest BCUT2D eigenvalue weighted by molar-refractivity contribution is 0.133. The maximum atomic E-state index is 12.5. The molecule has 0 aromatic heterocycles. The van der Waals surface area contributed by atoms with E-state index < -0.39 is 0 Å². The fraction of sp³-hybridized carbons (Fsp3) is 0.562. The van der Waals surface area contributed by atoms with Crippen LogP contribution >= 0.6 is 0 Å². The average molecular weight is 293 g/mol. The summed E-state index contributed by atoms with van der Waals surface area (Å²) in [5.41, 5.74) is 7.40. The predicted molar refractivity (Wildman–Crippen MR) is 86.3 cm³/mol. The van der Waals surface area contributed by atoms with Gasteiger partial charge in [-0.15, -0.1) is 0 Å². The van der Waals surface area contributed by atoms with Crippen LogP contribution in [0.25, 0.3) is 0 Å². The van der Waals surface area contributed by atoms with Gasteiger partial charge in [-0.05, 0) is 30.5 Å². The van der Waals surface area contributed by atoms with Crippen molar-refractivity contribution in [2.24, 2.45) is 5.73 Å². The first-order chi connectivity index (χ1) is 10.2. The number of rotatable bonds is 8. The Hall–Kier alpha value is -1.59. The van der Waals surface area contributed by atoms with E-state index in [1.54, 1.807) is 7.11 Å². The molecule has 1 rings (SSSR count). The third kappa shape index (κ3) is 5.36. The minimum Gasteiger partial charge on any atom is -0.383 e. The average Bonchev–Trinajstić information content (AvgIpc) is 2.52. The van der Waals surface area contributed by atoms with Crippen molar-refractivity contribution in [3.05, 3.63) is 29.8 Å². The number of hydrogen-bond donors (Lipinski definition) is 2. The van der Waals surface area contributed by atoms with Crippen LogP contribution in [0.5, 0.6) is 0 Å². The highest BCUT2D eigenvalue weighted by atomic mass is 16.5. The maximum absolute atomic E-state index is 12.5. The van der Waals surface area contributed by atoms with Crippen LogP contribution in [0.1, 0.15) is 32.3 Å². The molecule has 1 aromatic carbocycles. The second-order valence-corrected chi connectivity index (χ2v) is 4.99. The van der Waals surface area contributed by atoms with Gasteiger partial charge in [0.2, 0.25) is 0 Å². The number of nitrogens with zero attached hydrogens (tertiary/aromatic N) is 1. The van der Waals surface area contributed by atoms with Crippen molar-refractivity contribution in [2.75, 3.05) is 25.6 Å². The summed E-state index contributed by atoms with van der Waals surface area (Å²) in [6, 6.07) is 7.74. The van der Waals surface area contributed by atoms with Crippen molar-refractivity contribution >= 4 is 11.7 Å². The number of benzene rings is 1. The lowest BCUT2D eigenvalue weighted by Gasteiger charge is -2.30. The molecule has 0 aliphatic heterocycles. The van der Waals surface area contributed by atoms with Crippen LogP contribution in [0.3, 0.4) is 0 Å². The maximum Gasteiger partial charge on any atom is 0.322 e. The van der Waals surface area contributed by atoms with Crippen LogP contribution in [0, 0.1) is 0 Å². The van der Waals surface area contributed by atoms with Crippen molar-refractivity contribution in [2.45, 2.75) is 39.3 Å². The molecule has 0 bridgehead atoms. The van der Waals surface area contributed by atoms with Crippen molar-refractivity contribution in [3.63, 3.8) is 0 Å². The van der Waals surface area contributed by atoms with Gasteiger partial charge in [-0.25, -0.2) is 4.79 Å². The second-order valence-electron chi connectivity index (χ2n) is 4.99. The van der Waals surface area contributed by atoms with E-state index in [4.69, 9.17) is 10.5 Å². The molecule has 1 aromatic rings. The Labute approximate surface area is 127 Å². The van der Waals surface area contributed by atoms with Crippen LogP contribution < -0.4 is 11.1 Å². The molecule has 0 atom stereocenters. The molecule has 21 heavy (non-hydrogen) atoms. The predicted octanol–water partition coefficient (Wildman–Crippen LogP) is 2.81. The Bertz CT molecular complexity index is 416. The fourth-order valence-corrected chi connectivity index (χ4v) is 2.29. The largest absolute Gasteiger partial charge is 0.383 e. The Morgan fingerprint density at radius 3 is 2.38 bits per heavy atom. The van der Waals surface area contributed by atoms with Gasteiger partial charge in [0.05, 0.1) is 6.61 Å². The highest BCUT2D eigenvalue weighted by Gasteiger charge is 2.20. The second kappa shape index (κ2) is 9.37. The smallest absolute Gasteiger partial charge is 0.322 e. The molecule has 118 valence electrons. The number of anilines is 1. The van der Waals surface area contributed by atoms with Gasteiger partial charge in [-0.3, -0.25) is 0 Å². The number of methoxy groups -OCH3 is 1. The zero-order valence-corrected chi connectivity index (χ0v) is 13.3. The number of urea groups is 1. The molecule has 0 saturated heterocycles. The highest BCUT2D eigenvalue weighted by Crippen LogP contribution is 2.14. The summed E-state index contributed by atoms with van der Waals surface area (Å²) in [6.45, 7) is 5.82. The third-order valence-electron chi connectivity index (χ3n) is 3.62. The monoisotopic (exact) mass is 293 g/mol. The number of carbonyl (C=O) groups excluding carboxylic acids is 1. The summed E-state index contributed by atoms with van der Waals surface area (Å²) in [4.78, 5) is 14.3. The minimum atomic E-state index is -0.0822. The summed E-state index contributed by atoms with van der Waals surface area (Å²) < 4.78 is 5.11. The molecule has 0 saturated carbocycles. The van der Waals surface area contributed by atoms with Crippen LogP contribution in [-0.4, -0.2) is 37.2 Å². The Balaban J connectivity index is 2.73. The van der Waals surface area contributed by atoms with E-state index in [0.29, 0.717) is 19.7 Å². The van der Waals surface area contributed by atoms with Gasteiger partial charge in [-0.1, -0.05) is 26.0 Å². The van der Waals surface area contributed by atoms with E-state index in [2.05, 4.69) is 19.2 Å². The van der Waals surface area contributed by atoms with Crippen LogP contribution in [0.15, 0.2) is 24.3 Å². The first-order valence-electron chi connectivity index (χ1n) is 7.51. The van der Waals surface area contributed by atoms with Gasteiger partial charge in [0.1, 0.15) is 0 Å². The number of ether oxygens (including phenoxy) is 1. The first kappa shape index (κ1) is 17.5. The summed E-state index contributed by atoms with van der Waals surface area (Å²) in [5.74, 6) is 0. The molecule has 0 spiro atoms. The number of nitrogens with one attached hydrogen (secondary N) is 1. The van der Waals surface area contributed by atoms with Crippen molar-refractivity contribution in [1.82, 2.24) is 4.90 Å². The van der Waals surface area contributed by atoms with Gasteiger partial charge >= 0.3 is 6.03 Å². The normalized spacial score (nSPS) is 10.7. The molecule has 0 aliphatic carbocycles. The van der Waals surface area contributed by atoms with Crippen LogP contribution in [-0.2, 0) is 11.3 Å².